The monoisotopic (exact) mass is 405 g/mol. The number of fused-ring (bicyclic) bond motifs is 3. The van der Waals surface area contributed by atoms with Gasteiger partial charge in [-0.25, -0.2) is 4.98 Å². The van der Waals surface area contributed by atoms with Gasteiger partial charge in [-0.3, -0.25) is 0 Å². The van der Waals surface area contributed by atoms with Crippen molar-refractivity contribution in [3.8, 4) is 11.3 Å². The second-order valence-corrected chi connectivity index (χ2v) is 7.11. The topological polar surface area (TPSA) is 55.1 Å². The molecule has 144 valence electrons. The Morgan fingerprint density at radius 2 is 1.89 bits per heavy atom. The molecule has 0 aliphatic heterocycles. The van der Waals surface area contributed by atoms with Crippen LogP contribution in [-0.2, 0) is 6.18 Å². The zero-order chi connectivity index (χ0) is 20.1. The van der Waals surface area contributed by atoms with Crippen LogP contribution in [0.5, 0.6) is 0 Å². The van der Waals surface area contributed by atoms with E-state index in [9.17, 15) is 13.2 Å². The maximum Gasteiger partial charge on any atom is 0.416 e. The number of anilines is 1. The Hall–Kier alpha value is -2.87. The first-order valence-corrected chi connectivity index (χ1v) is 8.90. The quantitative estimate of drug-likeness (QED) is 0.493. The molecule has 0 radical (unpaired) electrons. The minimum absolute atomic E-state index is 0.0880. The molecule has 1 N–H and O–H groups in total. The second-order valence-electron chi connectivity index (χ2n) is 6.67. The number of nitrogens with one attached hydrogen (secondary N) is 1. The van der Waals surface area contributed by atoms with E-state index in [1.165, 1.54) is 10.6 Å². The van der Waals surface area contributed by atoms with Gasteiger partial charge in [0.15, 0.2) is 5.65 Å². The molecule has 0 spiro atoms. The van der Waals surface area contributed by atoms with E-state index >= 15 is 0 Å². The van der Waals surface area contributed by atoms with Crippen molar-refractivity contribution in [1.29, 1.82) is 0 Å². The lowest BCUT2D eigenvalue weighted by Gasteiger charge is -2.13. The number of hydrogen-bond donors (Lipinski definition) is 1. The molecule has 2 aromatic carbocycles. The summed E-state index contributed by atoms with van der Waals surface area (Å²) < 4.78 is 40.8. The average molecular weight is 406 g/mol. The van der Waals surface area contributed by atoms with Crippen LogP contribution in [0.15, 0.2) is 42.5 Å². The fourth-order valence-corrected chi connectivity index (χ4v) is 3.17. The van der Waals surface area contributed by atoms with Gasteiger partial charge in [-0.2, -0.15) is 17.7 Å². The SMILES string of the molecule is CC(C)Nc1nc2c(-c3cccc(C(F)(F)F)c3)nnn2c2ccc(Cl)cc12. The molecule has 0 amide bonds. The van der Waals surface area contributed by atoms with Crippen molar-refractivity contribution in [2.24, 2.45) is 0 Å². The first-order chi connectivity index (χ1) is 13.2. The smallest absolute Gasteiger partial charge is 0.367 e. The zero-order valence-corrected chi connectivity index (χ0v) is 15.7. The van der Waals surface area contributed by atoms with Gasteiger partial charge in [0, 0.05) is 22.0 Å². The molecule has 4 rings (SSSR count). The van der Waals surface area contributed by atoms with Crippen molar-refractivity contribution in [3.63, 3.8) is 0 Å². The Balaban J connectivity index is 1.99. The van der Waals surface area contributed by atoms with Crippen LogP contribution < -0.4 is 5.32 Å². The lowest BCUT2D eigenvalue weighted by atomic mass is 10.1. The van der Waals surface area contributed by atoms with Gasteiger partial charge >= 0.3 is 6.18 Å². The van der Waals surface area contributed by atoms with Crippen LogP contribution in [0.2, 0.25) is 5.02 Å². The van der Waals surface area contributed by atoms with E-state index in [1.54, 1.807) is 24.3 Å². The van der Waals surface area contributed by atoms with Crippen molar-refractivity contribution >= 4 is 34.0 Å². The molecule has 0 aliphatic carbocycles. The summed E-state index contributed by atoms with van der Waals surface area (Å²) in [5.41, 5.74) is 0.871. The van der Waals surface area contributed by atoms with E-state index < -0.39 is 11.7 Å². The van der Waals surface area contributed by atoms with Gasteiger partial charge in [0.1, 0.15) is 11.5 Å². The molecule has 0 unspecified atom stereocenters. The third-order valence-electron chi connectivity index (χ3n) is 4.19. The molecule has 0 fully saturated rings. The van der Waals surface area contributed by atoms with Gasteiger partial charge in [0.25, 0.3) is 0 Å². The molecule has 28 heavy (non-hydrogen) atoms. The molecule has 2 heterocycles. The number of alkyl halides is 3. The van der Waals surface area contributed by atoms with E-state index in [0.717, 1.165) is 17.5 Å². The normalized spacial score (nSPS) is 12.2. The van der Waals surface area contributed by atoms with Crippen LogP contribution in [0.1, 0.15) is 19.4 Å². The van der Waals surface area contributed by atoms with Crippen molar-refractivity contribution < 1.29 is 13.2 Å². The van der Waals surface area contributed by atoms with Gasteiger partial charge in [-0.05, 0) is 44.2 Å². The van der Waals surface area contributed by atoms with Crippen LogP contribution in [-0.4, -0.2) is 25.9 Å². The third kappa shape index (κ3) is 3.24. The minimum Gasteiger partial charge on any atom is -0.367 e. The van der Waals surface area contributed by atoms with E-state index in [0.29, 0.717) is 27.6 Å². The molecule has 0 saturated heterocycles. The van der Waals surface area contributed by atoms with Crippen LogP contribution in [0.3, 0.4) is 0 Å². The number of nitrogens with zero attached hydrogens (tertiary/aromatic N) is 4. The molecule has 5 nitrogen and oxygen atoms in total. The first-order valence-electron chi connectivity index (χ1n) is 8.53. The summed E-state index contributed by atoms with van der Waals surface area (Å²) in [5.74, 6) is 0.565. The number of benzene rings is 2. The highest BCUT2D eigenvalue weighted by atomic mass is 35.5. The summed E-state index contributed by atoms with van der Waals surface area (Å²) in [6.07, 6.45) is -4.44. The predicted octanol–water partition coefficient (Wildman–Crippen LogP) is 5.44. The summed E-state index contributed by atoms with van der Waals surface area (Å²) in [6, 6.07) is 10.3. The average Bonchev–Trinajstić information content (AvgIpc) is 3.04. The van der Waals surface area contributed by atoms with E-state index in [1.807, 2.05) is 13.8 Å². The number of aromatic nitrogens is 4. The Morgan fingerprint density at radius 1 is 1.11 bits per heavy atom. The maximum atomic E-state index is 13.1. The molecule has 0 atom stereocenters. The standard InChI is InChI=1S/C19H15ClF3N5/c1-10(2)24-17-14-9-13(20)6-7-15(14)28-18(25-17)16(26-27-28)11-4-3-5-12(8-11)19(21,22)23/h3-10H,1-2H3,(H,24,25). The molecule has 0 saturated carbocycles. The van der Waals surface area contributed by atoms with Gasteiger partial charge in [0.05, 0.1) is 11.1 Å². The van der Waals surface area contributed by atoms with Gasteiger partial charge in [0.2, 0.25) is 0 Å². The molecule has 0 aliphatic rings. The molecule has 4 aromatic rings. The highest BCUT2D eigenvalue weighted by Crippen LogP contribution is 2.34. The summed E-state index contributed by atoms with van der Waals surface area (Å²) >= 11 is 6.13. The lowest BCUT2D eigenvalue weighted by Crippen LogP contribution is -2.12. The van der Waals surface area contributed by atoms with Crippen molar-refractivity contribution in [1.82, 2.24) is 19.8 Å². The first kappa shape index (κ1) is 18.5. The summed E-state index contributed by atoms with van der Waals surface area (Å²) in [4.78, 5) is 4.60. The van der Waals surface area contributed by atoms with Crippen LogP contribution in [0.25, 0.3) is 27.8 Å². The van der Waals surface area contributed by atoms with Crippen LogP contribution in [0.4, 0.5) is 19.0 Å². The Morgan fingerprint density at radius 3 is 2.61 bits per heavy atom. The zero-order valence-electron chi connectivity index (χ0n) is 14.9. The Labute approximate surface area is 163 Å². The van der Waals surface area contributed by atoms with Crippen molar-refractivity contribution in [2.45, 2.75) is 26.1 Å². The molecule has 0 bridgehead atoms. The van der Waals surface area contributed by atoms with Crippen molar-refractivity contribution in [2.75, 3.05) is 5.32 Å². The molecular weight excluding hydrogens is 391 g/mol. The molecule has 2 aromatic heterocycles. The Kier molecular flexibility index (Phi) is 4.38. The fourth-order valence-electron chi connectivity index (χ4n) is 3.00. The number of hydrogen-bond acceptors (Lipinski definition) is 4. The van der Waals surface area contributed by atoms with Gasteiger partial charge in [-0.15, -0.1) is 5.10 Å². The third-order valence-corrected chi connectivity index (χ3v) is 4.43. The largest absolute Gasteiger partial charge is 0.416 e. The summed E-state index contributed by atoms with van der Waals surface area (Å²) in [5, 5.41) is 12.8. The van der Waals surface area contributed by atoms with E-state index in [2.05, 4.69) is 20.6 Å². The highest BCUT2D eigenvalue weighted by molar-refractivity contribution is 6.31. The number of halogens is 4. The van der Waals surface area contributed by atoms with E-state index in [-0.39, 0.29) is 11.7 Å². The number of rotatable bonds is 3. The van der Waals surface area contributed by atoms with E-state index in [4.69, 9.17) is 11.6 Å². The minimum atomic E-state index is -4.44. The second kappa shape index (κ2) is 6.63. The predicted molar refractivity (Wildman–Crippen MR) is 102 cm³/mol. The maximum absolute atomic E-state index is 13.1. The summed E-state index contributed by atoms with van der Waals surface area (Å²) in [6.45, 7) is 3.93. The fraction of sp³-hybridized carbons (Fsp3) is 0.211. The highest BCUT2D eigenvalue weighted by Gasteiger charge is 2.31. The van der Waals surface area contributed by atoms with Crippen LogP contribution in [0, 0.1) is 0 Å². The molecule has 9 heteroatoms. The summed E-state index contributed by atoms with van der Waals surface area (Å²) in [7, 11) is 0. The Bertz CT molecular complexity index is 1180. The lowest BCUT2D eigenvalue weighted by molar-refractivity contribution is -0.137. The molecular formula is C19H15ClF3N5. The van der Waals surface area contributed by atoms with Gasteiger partial charge < -0.3 is 5.32 Å². The van der Waals surface area contributed by atoms with Crippen LogP contribution >= 0.6 is 11.6 Å². The van der Waals surface area contributed by atoms with Crippen molar-refractivity contribution in [3.05, 3.63) is 53.1 Å². The van der Waals surface area contributed by atoms with Gasteiger partial charge in [-0.1, -0.05) is 28.9 Å².